The van der Waals surface area contributed by atoms with E-state index < -0.39 is 11.8 Å². The first kappa shape index (κ1) is 27.7. The molecule has 1 aromatic heterocycles. The molecule has 1 aliphatic rings. The predicted molar refractivity (Wildman–Crippen MR) is 160 cm³/mol. The van der Waals surface area contributed by atoms with Gasteiger partial charge in [-0.3, -0.25) is 23.7 Å². The van der Waals surface area contributed by atoms with Crippen LogP contribution in [0.2, 0.25) is 0 Å². The minimum atomic E-state index is -0.406. The third-order valence-corrected chi connectivity index (χ3v) is 7.94. The number of hydrogen-bond acceptors (Lipinski definition) is 7. The largest absolute Gasteiger partial charge is 0.356 e. The maximum absolute atomic E-state index is 13.2. The van der Waals surface area contributed by atoms with Crippen molar-refractivity contribution in [1.82, 2.24) is 20.1 Å². The van der Waals surface area contributed by atoms with E-state index in [1.54, 1.807) is 48.5 Å². The lowest BCUT2D eigenvalue weighted by Gasteiger charge is -2.15. The summed E-state index contributed by atoms with van der Waals surface area (Å²) >= 11 is 3.50. The van der Waals surface area contributed by atoms with Gasteiger partial charge in [-0.05, 0) is 77.5 Å². The lowest BCUT2D eigenvalue weighted by atomic mass is 10.1. The first-order valence-corrected chi connectivity index (χ1v) is 14.6. The standard InChI is InChI=1S/C29H24IN5O4S/c1-18(36)31-15-5-10-26-32-33-29(34(26)21-13-11-20(30)12-14-21)40-17-25(37)19-6-4-7-22(16-19)35-27(38)23-8-2-3-9-24(23)28(35)39/h2-4,6-9,11-14,16H,5,10,15,17H2,1H3,(H,31,36). The van der Waals surface area contributed by atoms with Crippen molar-refractivity contribution in [3.8, 4) is 5.69 Å². The minimum Gasteiger partial charge on any atom is -0.356 e. The fourth-order valence-corrected chi connectivity index (χ4v) is 5.60. The summed E-state index contributed by atoms with van der Waals surface area (Å²) in [6, 6.07) is 21.1. The number of aromatic nitrogens is 3. The van der Waals surface area contributed by atoms with Crippen molar-refractivity contribution in [2.45, 2.75) is 24.9 Å². The number of anilines is 1. The molecule has 0 saturated heterocycles. The highest BCUT2D eigenvalue weighted by molar-refractivity contribution is 14.1. The van der Waals surface area contributed by atoms with Crippen molar-refractivity contribution < 1.29 is 19.2 Å². The highest BCUT2D eigenvalue weighted by Gasteiger charge is 2.36. The molecule has 0 aliphatic carbocycles. The van der Waals surface area contributed by atoms with Gasteiger partial charge in [0.05, 0.1) is 22.6 Å². The number of amides is 3. The molecule has 0 fully saturated rings. The van der Waals surface area contributed by atoms with E-state index in [0.717, 1.165) is 20.0 Å². The summed E-state index contributed by atoms with van der Waals surface area (Å²) < 4.78 is 3.01. The van der Waals surface area contributed by atoms with Crippen molar-refractivity contribution in [2.24, 2.45) is 0 Å². The van der Waals surface area contributed by atoms with Crippen molar-refractivity contribution in [1.29, 1.82) is 0 Å². The molecule has 0 atom stereocenters. The molecular weight excluding hydrogens is 641 g/mol. The van der Waals surface area contributed by atoms with Gasteiger partial charge in [-0.25, -0.2) is 4.90 Å². The third-order valence-electron chi connectivity index (χ3n) is 6.29. The molecule has 202 valence electrons. The fraction of sp³-hybridized carbons (Fsp3) is 0.172. The molecule has 0 saturated carbocycles. The number of hydrogen-bond donors (Lipinski definition) is 1. The van der Waals surface area contributed by atoms with Gasteiger partial charge < -0.3 is 5.32 Å². The van der Waals surface area contributed by atoms with E-state index in [9.17, 15) is 19.2 Å². The van der Waals surface area contributed by atoms with Gasteiger partial charge in [0, 0.05) is 34.7 Å². The number of halogens is 1. The first-order chi connectivity index (χ1) is 19.3. The van der Waals surface area contributed by atoms with E-state index in [1.165, 1.54) is 18.7 Å². The Morgan fingerprint density at radius 3 is 2.27 bits per heavy atom. The molecule has 0 unspecified atom stereocenters. The van der Waals surface area contributed by atoms with Crippen LogP contribution >= 0.6 is 34.4 Å². The van der Waals surface area contributed by atoms with E-state index in [4.69, 9.17) is 0 Å². The number of carbonyl (C=O) groups excluding carboxylic acids is 4. The number of thioether (sulfide) groups is 1. The van der Waals surface area contributed by atoms with E-state index in [-0.39, 0.29) is 17.4 Å². The molecule has 5 rings (SSSR count). The van der Waals surface area contributed by atoms with E-state index in [1.807, 2.05) is 28.8 Å². The number of aryl methyl sites for hydroxylation is 1. The van der Waals surface area contributed by atoms with Gasteiger partial charge in [0.25, 0.3) is 11.8 Å². The lowest BCUT2D eigenvalue weighted by Crippen LogP contribution is -2.29. The molecule has 1 aliphatic heterocycles. The molecule has 11 heteroatoms. The average Bonchev–Trinajstić information content (AvgIpc) is 3.48. The molecule has 4 aromatic rings. The smallest absolute Gasteiger partial charge is 0.266 e. The number of benzene rings is 3. The summed E-state index contributed by atoms with van der Waals surface area (Å²) in [6.45, 7) is 2.01. The SMILES string of the molecule is CC(=O)NCCCc1nnc(SCC(=O)c2cccc(N3C(=O)c4ccccc4C3=O)c2)n1-c1ccc(I)cc1. The molecular formula is C29H24IN5O4S. The predicted octanol–water partition coefficient (Wildman–Crippen LogP) is 4.72. The van der Waals surface area contributed by atoms with Crippen LogP contribution in [0.25, 0.3) is 5.69 Å². The second-order valence-electron chi connectivity index (χ2n) is 9.05. The molecule has 9 nitrogen and oxygen atoms in total. The molecule has 0 spiro atoms. The third kappa shape index (κ3) is 5.85. The number of carbonyl (C=O) groups is 4. The number of Topliss-reactive ketones (excluding diaryl/α,β-unsaturated/α-hetero) is 1. The molecule has 40 heavy (non-hydrogen) atoms. The van der Waals surface area contributed by atoms with Gasteiger partial charge in [0.15, 0.2) is 10.9 Å². The zero-order valence-corrected chi connectivity index (χ0v) is 24.4. The average molecular weight is 666 g/mol. The monoisotopic (exact) mass is 665 g/mol. The summed E-state index contributed by atoms with van der Waals surface area (Å²) in [7, 11) is 0. The normalized spacial score (nSPS) is 12.5. The highest BCUT2D eigenvalue weighted by Crippen LogP contribution is 2.30. The van der Waals surface area contributed by atoms with Crippen LogP contribution in [0.15, 0.2) is 78.0 Å². The summed E-state index contributed by atoms with van der Waals surface area (Å²) in [5.74, 6) is -0.254. The molecule has 0 bridgehead atoms. The van der Waals surface area contributed by atoms with Gasteiger partial charge in [-0.2, -0.15) is 0 Å². The van der Waals surface area contributed by atoms with Crippen LogP contribution in [-0.4, -0.2) is 50.6 Å². The molecule has 3 amide bonds. The van der Waals surface area contributed by atoms with Gasteiger partial charge in [-0.15, -0.1) is 10.2 Å². The molecule has 1 N–H and O–H groups in total. The topological polar surface area (TPSA) is 114 Å². The fourth-order valence-electron chi connectivity index (χ4n) is 4.37. The van der Waals surface area contributed by atoms with E-state index in [2.05, 4.69) is 38.1 Å². The van der Waals surface area contributed by atoms with Crippen LogP contribution < -0.4 is 10.2 Å². The second-order valence-corrected chi connectivity index (χ2v) is 11.2. The lowest BCUT2D eigenvalue weighted by molar-refractivity contribution is -0.118. The highest BCUT2D eigenvalue weighted by atomic mass is 127. The summed E-state index contributed by atoms with van der Waals surface area (Å²) in [5, 5.41) is 12.1. The Kier molecular flexibility index (Phi) is 8.40. The summed E-state index contributed by atoms with van der Waals surface area (Å²) in [4.78, 5) is 51.3. The van der Waals surface area contributed by atoms with Crippen LogP contribution in [0, 0.1) is 3.57 Å². The van der Waals surface area contributed by atoms with Crippen LogP contribution in [-0.2, 0) is 11.2 Å². The Morgan fingerprint density at radius 2 is 1.60 bits per heavy atom. The maximum Gasteiger partial charge on any atom is 0.266 e. The number of ketones is 1. The van der Waals surface area contributed by atoms with Crippen molar-refractivity contribution in [3.63, 3.8) is 0 Å². The van der Waals surface area contributed by atoms with Crippen molar-refractivity contribution >= 4 is 63.5 Å². The van der Waals surface area contributed by atoms with Crippen LogP contribution in [0.1, 0.15) is 50.2 Å². The van der Waals surface area contributed by atoms with E-state index >= 15 is 0 Å². The van der Waals surface area contributed by atoms with Gasteiger partial charge in [0.1, 0.15) is 5.82 Å². The number of rotatable bonds is 10. The Bertz CT molecular complexity index is 1580. The zero-order chi connectivity index (χ0) is 28.2. The second kappa shape index (κ2) is 12.1. The Morgan fingerprint density at radius 1 is 0.900 bits per heavy atom. The number of fused-ring (bicyclic) bond motifs is 1. The van der Waals surface area contributed by atoms with Crippen LogP contribution in [0.5, 0.6) is 0 Å². The quantitative estimate of drug-likeness (QED) is 0.0858. The van der Waals surface area contributed by atoms with Gasteiger partial charge in [0.2, 0.25) is 5.91 Å². The van der Waals surface area contributed by atoms with Gasteiger partial charge >= 0.3 is 0 Å². The Balaban J connectivity index is 1.33. The van der Waals surface area contributed by atoms with Crippen molar-refractivity contribution in [3.05, 3.63) is 98.9 Å². The van der Waals surface area contributed by atoms with E-state index in [0.29, 0.717) is 46.9 Å². The summed E-state index contributed by atoms with van der Waals surface area (Å²) in [5.41, 5.74) is 2.32. The maximum atomic E-state index is 13.2. The molecule has 3 aromatic carbocycles. The summed E-state index contributed by atoms with van der Waals surface area (Å²) in [6.07, 6.45) is 1.28. The number of nitrogens with zero attached hydrogens (tertiary/aromatic N) is 4. The molecule has 2 heterocycles. The Hall–Kier alpha value is -3.84. The van der Waals surface area contributed by atoms with Crippen LogP contribution in [0.4, 0.5) is 5.69 Å². The van der Waals surface area contributed by atoms with Crippen molar-refractivity contribution in [2.75, 3.05) is 17.2 Å². The van der Waals surface area contributed by atoms with Crippen LogP contribution in [0.3, 0.4) is 0 Å². The molecule has 0 radical (unpaired) electrons. The van der Waals surface area contributed by atoms with Gasteiger partial charge in [-0.1, -0.05) is 36.0 Å². The number of imide groups is 1. The Labute approximate surface area is 248 Å². The number of nitrogens with one attached hydrogen (secondary N) is 1. The minimum absolute atomic E-state index is 0.0825. The zero-order valence-electron chi connectivity index (χ0n) is 21.5. The first-order valence-electron chi connectivity index (χ1n) is 12.5.